The summed E-state index contributed by atoms with van der Waals surface area (Å²) >= 11 is 0. The lowest BCUT2D eigenvalue weighted by Gasteiger charge is -2.24. The van der Waals surface area contributed by atoms with Crippen LogP contribution in [0.3, 0.4) is 0 Å². The minimum absolute atomic E-state index is 0.0838. The fourth-order valence-corrected chi connectivity index (χ4v) is 3.42. The van der Waals surface area contributed by atoms with Gasteiger partial charge in [-0.05, 0) is 35.4 Å². The van der Waals surface area contributed by atoms with Crippen molar-refractivity contribution in [1.29, 1.82) is 0 Å². The number of amides is 3. The third-order valence-electron chi connectivity index (χ3n) is 5.26. The van der Waals surface area contributed by atoms with Crippen molar-refractivity contribution in [3.05, 3.63) is 65.5 Å². The van der Waals surface area contributed by atoms with E-state index in [4.69, 9.17) is 9.47 Å². The lowest BCUT2D eigenvalue weighted by atomic mass is 10.00. The molecule has 1 aliphatic heterocycles. The number of carbonyl (C=O) groups excluding carboxylic acids is 3. The fraction of sp³-hybridized carbons (Fsp3) is 0.375. The molecule has 33 heavy (non-hydrogen) atoms. The first-order valence-corrected chi connectivity index (χ1v) is 10.7. The standard InChI is InChI=1S/C24H28FN3O5/c1-15(2)22(29)27-19-10-6-17(7-11-19)21-20(23(30)26-12-13-32-3)28(24(31)33-21)14-16-4-8-18(25)9-5-16/h4-11,15,20-21H,12-14H2,1-3H3,(H,26,30)(H,27,29). The Balaban J connectivity index is 1.83. The van der Waals surface area contributed by atoms with Gasteiger partial charge < -0.3 is 20.1 Å². The quantitative estimate of drug-likeness (QED) is 0.564. The van der Waals surface area contributed by atoms with Gasteiger partial charge in [0.2, 0.25) is 11.8 Å². The van der Waals surface area contributed by atoms with E-state index in [1.165, 1.54) is 24.1 Å². The SMILES string of the molecule is COCCNC(=O)C1C(c2ccc(NC(=O)C(C)C)cc2)OC(=O)N1Cc1ccc(F)cc1. The molecule has 1 fully saturated rings. The van der Waals surface area contributed by atoms with Crippen LogP contribution in [0.2, 0.25) is 0 Å². The van der Waals surface area contributed by atoms with Gasteiger partial charge in [-0.15, -0.1) is 0 Å². The van der Waals surface area contributed by atoms with Crippen LogP contribution in [0.15, 0.2) is 48.5 Å². The largest absolute Gasteiger partial charge is 0.438 e. The molecular weight excluding hydrogens is 429 g/mol. The number of nitrogens with zero attached hydrogens (tertiary/aromatic N) is 1. The first-order chi connectivity index (χ1) is 15.8. The van der Waals surface area contributed by atoms with E-state index in [1.54, 1.807) is 50.2 Å². The summed E-state index contributed by atoms with van der Waals surface area (Å²) in [4.78, 5) is 39.0. The molecule has 0 aliphatic carbocycles. The molecule has 2 aromatic rings. The van der Waals surface area contributed by atoms with E-state index in [-0.39, 0.29) is 36.6 Å². The predicted octanol–water partition coefficient (Wildman–Crippen LogP) is 3.24. The molecule has 1 heterocycles. The van der Waals surface area contributed by atoms with Crippen LogP contribution in [-0.4, -0.2) is 49.1 Å². The lowest BCUT2D eigenvalue weighted by Crippen LogP contribution is -2.47. The van der Waals surface area contributed by atoms with Crippen LogP contribution in [-0.2, 0) is 25.6 Å². The molecule has 2 unspecified atom stereocenters. The maximum absolute atomic E-state index is 13.3. The predicted molar refractivity (Wildman–Crippen MR) is 120 cm³/mol. The molecule has 3 amide bonds. The van der Waals surface area contributed by atoms with Gasteiger partial charge in [0.25, 0.3) is 0 Å². The zero-order valence-corrected chi connectivity index (χ0v) is 18.8. The van der Waals surface area contributed by atoms with Crippen LogP contribution < -0.4 is 10.6 Å². The number of methoxy groups -OCH3 is 1. The molecule has 2 N–H and O–H groups in total. The third kappa shape index (κ3) is 6.07. The topological polar surface area (TPSA) is 97.0 Å². The average Bonchev–Trinajstić information content (AvgIpc) is 3.11. The van der Waals surface area contributed by atoms with E-state index in [9.17, 15) is 18.8 Å². The average molecular weight is 458 g/mol. The number of cyclic esters (lactones) is 1. The van der Waals surface area contributed by atoms with Gasteiger partial charge in [-0.2, -0.15) is 0 Å². The Hall–Kier alpha value is -3.46. The zero-order chi connectivity index (χ0) is 24.0. The number of hydrogen-bond acceptors (Lipinski definition) is 5. The van der Waals surface area contributed by atoms with E-state index >= 15 is 0 Å². The van der Waals surface area contributed by atoms with Gasteiger partial charge in [0.15, 0.2) is 12.1 Å². The molecule has 2 atom stereocenters. The second-order valence-corrected chi connectivity index (χ2v) is 8.05. The molecule has 9 heteroatoms. The molecule has 3 rings (SSSR count). The Morgan fingerprint density at radius 1 is 1.12 bits per heavy atom. The Morgan fingerprint density at radius 3 is 2.39 bits per heavy atom. The van der Waals surface area contributed by atoms with Crippen LogP contribution in [0.25, 0.3) is 0 Å². The van der Waals surface area contributed by atoms with Gasteiger partial charge in [-0.3, -0.25) is 14.5 Å². The van der Waals surface area contributed by atoms with Crippen molar-refractivity contribution < 1.29 is 28.2 Å². The molecule has 176 valence electrons. The van der Waals surface area contributed by atoms with Crippen molar-refractivity contribution >= 4 is 23.6 Å². The zero-order valence-electron chi connectivity index (χ0n) is 18.8. The molecule has 0 saturated carbocycles. The number of anilines is 1. The summed E-state index contributed by atoms with van der Waals surface area (Å²) in [5.41, 5.74) is 1.88. The molecule has 0 aromatic heterocycles. The minimum Gasteiger partial charge on any atom is -0.438 e. The van der Waals surface area contributed by atoms with E-state index in [0.29, 0.717) is 23.4 Å². The first-order valence-electron chi connectivity index (χ1n) is 10.7. The molecule has 0 spiro atoms. The van der Waals surface area contributed by atoms with Gasteiger partial charge in [0.1, 0.15) is 5.82 Å². The van der Waals surface area contributed by atoms with Crippen LogP contribution in [0.4, 0.5) is 14.9 Å². The molecular formula is C24H28FN3O5. The summed E-state index contributed by atoms with van der Waals surface area (Å²) in [6.07, 6.45) is -1.50. The van der Waals surface area contributed by atoms with E-state index in [0.717, 1.165) is 0 Å². The minimum atomic E-state index is -0.935. The molecule has 0 radical (unpaired) electrons. The number of hydrogen-bond donors (Lipinski definition) is 2. The molecule has 2 aromatic carbocycles. The molecule has 0 bridgehead atoms. The van der Waals surface area contributed by atoms with Crippen molar-refractivity contribution in [3.63, 3.8) is 0 Å². The summed E-state index contributed by atoms with van der Waals surface area (Å²) in [5.74, 6) is -1.06. The fourth-order valence-electron chi connectivity index (χ4n) is 3.42. The Labute approximate surface area is 192 Å². The van der Waals surface area contributed by atoms with Gasteiger partial charge in [0, 0.05) is 25.3 Å². The number of rotatable bonds is 9. The van der Waals surface area contributed by atoms with Crippen molar-refractivity contribution in [2.45, 2.75) is 32.5 Å². The number of benzene rings is 2. The summed E-state index contributed by atoms with van der Waals surface area (Å²) < 4.78 is 23.9. The Kier molecular flexibility index (Phi) is 8.00. The van der Waals surface area contributed by atoms with Gasteiger partial charge >= 0.3 is 6.09 Å². The van der Waals surface area contributed by atoms with Crippen molar-refractivity contribution in [3.8, 4) is 0 Å². The highest BCUT2D eigenvalue weighted by Crippen LogP contribution is 2.34. The van der Waals surface area contributed by atoms with Crippen molar-refractivity contribution in [1.82, 2.24) is 10.2 Å². The van der Waals surface area contributed by atoms with Crippen LogP contribution in [0.5, 0.6) is 0 Å². The summed E-state index contributed by atoms with van der Waals surface area (Å²) in [6.45, 7) is 4.27. The number of nitrogens with one attached hydrogen (secondary N) is 2. The van der Waals surface area contributed by atoms with E-state index < -0.39 is 18.2 Å². The Morgan fingerprint density at radius 2 is 1.79 bits per heavy atom. The molecule has 1 saturated heterocycles. The highest BCUT2D eigenvalue weighted by Gasteiger charge is 2.46. The van der Waals surface area contributed by atoms with E-state index in [1.807, 2.05) is 0 Å². The lowest BCUT2D eigenvalue weighted by molar-refractivity contribution is -0.126. The highest BCUT2D eigenvalue weighted by molar-refractivity contribution is 5.92. The summed E-state index contributed by atoms with van der Waals surface area (Å²) in [6, 6.07) is 11.6. The van der Waals surface area contributed by atoms with Crippen LogP contribution >= 0.6 is 0 Å². The number of carbonyl (C=O) groups is 3. The molecule has 8 nitrogen and oxygen atoms in total. The number of ether oxygens (including phenoxy) is 2. The van der Waals surface area contributed by atoms with E-state index in [2.05, 4.69) is 10.6 Å². The summed E-state index contributed by atoms with van der Waals surface area (Å²) in [5, 5.41) is 5.57. The highest BCUT2D eigenvalue weighted by atomic mass is 19.1. The maximum Gasteiger partial charge on any atom is 0.411 e. The maximum atomic E-state index is 13.3. The van der Waals surface area contributed by atoms with Gasteiger partial charge in [-0.1, -0.05) is 38.1 Å². The number of halogens is 1. The van der Waals surface area contributed by atoms with Crippen LogP contribution in [0.1, 0.15) is 31.1 Å². The van der Waals surface area contributed by atoms with Crippen molar-refractivity contribution in [2.24, 2.45) is 5.92 Å². The second kappa shape index (κ2) is 10.9. The first kappa shape index (κ1) is 24.2. The van der Waals surface area contributed by atoms with Crippen molar-refractivity contribution in [2.75, 3.05) is 25.6 Å². The smallest absolute Gasteiger partial charge is 0.411 e. The normalized spacial score (nSPS) is 17.7. The molecule has 1 aliphatic rings. The third-order valence-corrected chi connectivity index (χ3v) is 5.26. The van der Waals surface area contributed by atoms with Crippen LogP contribution in [0, 0.1) is 11.7 Å². The van der Waals surface area contributed by atoms with Gasteiger partial charge in [0.05, 0.1) is 13.2 Å². The Bertz CT molecular complexity index is 979. The monoisotopic (exact) mass is 457 g/mol. The second-order valence-electron chi connectivity index (χ2n) is 8.05. The summed E-state index contributed by atoms with van der Waals surface area (Å²) in [7, 11) is 1.53. The van der Waals surface area contributed by atoms with Gasteiger partial charge in [-0.25, -0.2) is 9.18 Å².